The number of aromatic nitrogens is 2. The highest BCUT2D eigenvalue weighted by Crippen LogP contribution is 2.32. The first kappa shape index (κ1) is 21.9. The van der Waals surface area contributed by atoms with Crippen LogP contribution in [-0.4, -0.2) is 15.5 Å². The zero-order valence-electron chi connectivity index (χ0n) is 16.1. The van der Waals surface area contributed by atoms with Gasteiger partial charge in [0.15, 0.2) is 10.3 Å². The monoisotopic (exact) mass is 443 g/mol. The van der Waals surface area contributed by atoms with Crippen molar-refractivity contribution in [1.29, 1.82) is 0 Å². The molecule has 0 radical (unpaired) electrons. The fourth-order valence-electron chi connectivity index (χ4n) is 3.03. The van der Waals surface area contributed by atoms with Crippen LogP contribution in [-0.2, 0) is 19.1 Å². The second-order valence-corrected chi connectivity index (χ2v) is 8.18. The lowest BCUT2D eigenvalue weighted by Gasteiger charge is -2.12. The molecule has 0 aliphatic rings. The Morgan fingerprint density at radius 2 is 1.93 bits per heavy atom. The number of hydrogen-bond donors (Lipinski definition) is 1. The molecule has 10 heteroatoms. The molecule has 2 heterocycles. The van der Waals surface area contributed by atoms with E-state index in [0.717, 1.165) is 23.9 Å². The summed E-state index contributed by atoms with van der Waals surface area (Å²) in [5, 5.41) is 1.99. The van der Waals surface area contributed by atoms with Gasteiger partial charge in [0, 0.05) is 12.7 Å². The van der Waals surface area contributed by atoms with Crippen molar-refractivity contribution in [2.24, 2.45) is 5.92 Å². The number of alkyl halides is 3. The average molecular weight is 443 g/mol. The van der Waals surface area contributed by atoms with Crippen LogP contribution in [0.5, 0.6) is 0 Å². The molecule has 1 aromatic carbocycles. The van der Waals surface area contributed by atoms with Crippen LogP contribution in [0.3, 0.4) is 0 Å². The van der Waals surface area contributed by atoms with Gasteiger partial charge in [-0.3, -0.25) is 10.1 Å². The molecule has 0 aliphatic heterocycles. The molecule has 4 nitrogen and oxygen atoms in total. The van der Waals surface area contributed by atoms with Crippen LogP contribution >= 0.6 is 11.3 Å². The fraction of sp³-hybridized carbons (Fsp3) is 0.300. The molecular weight excluding hydrogens is 425 g/mol. The smallest absolute Gasteiger partial charge is 0.339 e. The van der Waals surface area contributed by atoms with Gasteiger partial charge < -0.3 is 4.57 Å². The van der Waals surface area contributed by atoms with Crippen LogP contribution in [0.15, 0.2) is 36.7 Å². The maximum Gasteiger partial charge on any atom is 0.419 e. The molecule has 0 fully saturated rings. The first-order valence-electron chi connectivity index (χ1n) is 9.00. The molecule has 30 heavy (non-hydrogen) atoms. The number of hydrogen-bond acceptors (Lipinski definition) is 3. The molecule has 0 saturated heterocycles. The largest absolute Gasteiger partial charge is 0.419 e. The summed E-state index contributed by atoms with van der Waals surface area (Å²) in [4.78, 5) is 16.4. The van der Waals surface area contributed by atoms with Crippen LogP contribution in [0.1, 0.15) is 41.0 Å². The van der Waals surface area contributed by atoms with Crippen molar-refractivity contribution in [3.8, 4) is 0 Å². The number of carbonyl (C=O) groups is 1. The highest BCUT2D eigenvalue weighted by molar-refractivity contribution is 7.14. The van der Waals surface area contributed by atoms with Crippen molar-refractivity contribution in [3.05, 3.63) is 70.0 Å². The van der Waals surface area contributed by atoms with Gasteiger partial charge in [-0.25, -0.2) is 9.37 Å². The number of nitrogens with zero attached hydrogens (tertiary/aromatic N) is 2. The van der Waals surface area contributed by atoms with Crippen LogP contribution in [0.4, 0.5) is 27.1 Å². The van der Waals surface area contributed by atoms with Gasteiger partial charge in [-0.1, -0.05) is 31.3 Å². The summed E-state index contributed by atoms with van der Waals surface area (Å²) in [6.45, 7) is 3.91. The molecule has 1 N–H and O–H groups in total. The van der Waals surface area contributed by atoms with Gasteiger partial charge in [-0.15, -0.1) is 0 Å². The number of rotatable bonds is 6. The Hall–Kier alpha value is -2.75. The van der Waals surface area contributed by atoms with E-state index in [1.54, 1.807) is 12.3 Å². The van der Waals surface area contributed by atoms with Gasteiger partial charge in [-0.2, -0.15) is 17.6 Å². The quantitative estimate of drug-likeness (QED) is 0.494. The van der Waals surface area contributed by atoms with Gasteiger partial charge >= 0.3 is 6.18 Å². The zero-order chi connectivity index (χ0) is 22.1. The maximum absolute atomic E-state index is 13.6. The van der Waals surface area contributed by atoms with E-state index in [9.17, 15) is 26.7 Å². The van der Waals surface area contributed by atoms with Crippen molar-refractivity contribution < 1.29 is 26.7 Å². The van der Waals surface area contributed by atoms with Crippen molar-refractivity contribution in [2.45, 2.75) is 33.0 Å². The molecule has 3 aromatic rings. The number of amides is 1. The minimum Gasteiger partial charge on any atom is -0.339 e. The average Bonchev–Trinajstić information content (AvgIpc) is 3.21. The lowest BCUT2D eigenvalue weighted by molar-refractivity contribution is -0.140. The van der Waals surface area contributed by atoms with E-state index in [0.29, 0.717) is 17.8 Å². The Kier molecular flexibility index (Phi) is 6.25. The second-order valence-electron chi connectivity index (χ2n) is 7.20. The predicted octanol–water partition coefficient (Wildman–Crippen LogP) is 5.74. The predicted molar refractivity (Wildman–Crippen MR) is 104 cm³/mol. The van der Waals surface area contributed by atoms with Crippen molar-refractivity contribution in [1.82, 2.24) is 9.55 Å². The van der Waals surface area contributed by atoms with E-state index < -0.39 is 28.6 Å². The molecule has 0 spiro atoms. The molecule has 1 amide bonds. The Balaban J connectivity index is 1.93. The number of benzene rings is 1. The third-order valence-corrected chi connectivity index (χ3v) is 4.92. The summed E-state index contributed by atoms with van der Waals surface area (Å²) < 4.78 is 67.3. The summed E-state index contributed by atoms with van der Waals surface area (Å²) in [5.41, 5.74) is -0.179. The summed E-state index contributed by atoms with van der Waals surface area (Å²) in [5.74, 6) is -1.65. The standard InChI is InChI=1S/C20H18F5N3OS/c1-11(2)5-13-7-16(18(29)27-19-26-8-17(22)30-19)28(10-13)9-12-3-4-15(21)14(6-12)20(23,24)25/h3-4,6-8,10-11H,5,9H2,1-2H3,(H,26,27,29). The molecule has 0 unspecified atom stereocenters. The lowest BCUT2D eigenvalue weighted by Crippen LogP contribution is -2.17. The van der Waals surface area contributed by atoms with E-state index in [4.69, 9.17) is 0 Å². The van der Waals surface area contributed by atoms with Crippen LogP contribution < -0.4 is 5.32 Å². The van der Waals surface area contributed by atoms with Crippen LogP contribution in [0.2, 0.25) is 0 Å². The summed E-state index contributed by atoms with van der Waals surface area (Å²) in [6.07, 6.45) is -1.53. The second kappa shape index (κ2) is 8.55. The SMILES string of the molecule is CC(C)Cc1cc(C(=O)Nc2ncc(F)s2)n(Cc2ccc(F)c(C(F)(F)F)c2)c1. The van der Waals surface area contributed by atoms with Crippen LogP contribution in [0, 0.1) is 16.9 Å². The van der Waals surface area contributed by atoms with Gasteiger partial charge in [0.25, 0.3) is 5.91 Å². The van der Waals surface area contributed by atoms with Crippen molar-refractivity contribution >= 4 is 22.4 Å². The van der Waals surface area contributed by atoms with E-state index in [1.165, 1.54) is 10.6 Å². The summed E-state index contributed by atoms with van der Waals surface area (Å²) in [7, 11) is 0. The molecule has 0 atom stereocenters. The van der Waals surface area contributed by atoms with E-state index in [2.05, 4.69) is 10.3 Å². The van der Waals surface area contributed by atoms with Gasteiger partial charge in [0.05, 0.1) is 11.8 Å². The Bertz CT molecular complexity index is 1060. The lowest BCUT2D eigenvalue weighted by atomic mass is 10.1. The Morgan fingerprint density at radius 1 is 1.20 bits per heavy atom. The summed E-state index contributed by atoms with van der Waals surface area (Å²) >= 11 is 0.659. The highest BCUT2D eigenvalue weighted by Gasteiger charge is 2.34. The molecule has 3 rings (SSSR count). The topological polar surface area (TPSA) is 46.9 Å². The molecule has 2 aromatic heterocycles. The first-order valence-corrected chi connectivity index (χ1v) is 9.82. The summed E-state index contributed by atoms with van der Waals surface area (Å²) in [6, 6.07) is 4.36. The third-order valence-electron chi connectivity index (χ3n) is 4.22. The Morgan fingerprint density at radius 3 is 2.53 bits per heavy atom. The normalized spacial score (nSPS) is 11.9. The van der Waals surface area contributed by atoms with E-state index in [-0.39, 0.29) is 28.9 Å². The number of thiazole rings is 1. The van der Waals surface area contributed by atoms with Crippen molar-refractivity contribution in [3.63, 3.8) is 0 Å². The minimum absolute atomic E-state index is 0.0665. The Labute approximate surface area is 173 Å². The number of nitrogens with one attached hydrogen (secondary N) is 1. The maximum atomic E-state index is 13.6. The van der Waals surface area contributed by atoms with E-state index in [1.807, 2.05) is 13.8 Å². The van der Waals surface area contributed by atoms with Gasteiger partial charge in [0.1, 0.15) is 11.5 Å². The van der Waals surface area contributed by atoms with Crippen molar-refractivity contribution in [2.75, 3.05) is 5.32 Å². The molecule has 160 valence electrons. The number of carbonyl (C=O) groups excluding carboxylic acids is 1. The van der Waals surface area contributed by atoms with E-state index >= 15 is 0 Å². The fourth-order valence-corrected chi connectivity index (χ4v) is 3.57. The van der Waals surface area contributed by atoms with Crippen LogP contribution in [0.25, 0.3) is 0 Å². The third kappa shape index (κ3) is 5.24. The first-order chi connectivity index (χ1) is 14.0. The van der Waals surface area contributed by atoms with Gasteiger partial charge in [-0.05, 0) is 41.7 Å². The molecule has 0 bridgehead atoms. The number of halogens is 5. The molecule has 0 aliphatic carbocycles. The zero-order valence-corrected chi connectivity index (χ0v) is 16.9. The molecule has 0 saturated carbocycles. The molecular formula is C20H18F5N3OS. The number of anilines is 1. The minimum atomic E-state index is -4.82. The van der Waals surface area contributed by atoms with Gasteiger partial charge in [0.2, 0.25) is 0 Å². The highest BCUT2D eigenvalue weighted by atomic mass is 32.1.